The Morgan fingerprint density at radius 2 is 1.65 bits per heavy atom. The zero-order chi connectivity index (χ0) is 26.3. The van der Waals surface area contributed by atoms with Gasteiger partial charge in [0.25, 0.3) is 5.91 Å². The second-order valence-corrected chi connectivity index (χ2v) is 9.37. The molecule has 0 unspecified atom stereocenters. The zero-order valence-electron chi connectivity index (χ0n) is 20.1. The van der Waals surface area contributed by atoms with E-state index in [2.05, 4.69) is 11.4 Å². The van der Waals surface area contributed by atoms with Crippen molar-refractivity contribution in [3.05, 3.63) is 112 Å². The summed E-state index contributed by atoms with van der Waals surface area (Å²) < 4.78 is 0. The van der Waals surface area contributed by atoms with Gasteiger partial charge in [-0.3, -0.25) is 9.69 Å². The van der Waals surface area contributed by atoms with Crippen molar-refractivity contribution in [1.29, 1.82) is 0 Å². The standard InChI is InChI=1S/C30H23ClN2O4/c1-17-11-18(2)13-20(12-17)23-7-4-8-26(28(23)34)32-16-25-24-10-9-21(31)15-27(24)33(29(25)35)22-6-3-5-19(14-22)30(36)37/h3-16,32,34H,1-2H3,(H,36,37)/b25-16-. The highest BCUT2D eigenvalue weighted by Crippen LogP contribution is 2.43. The number of carboxylic acids is 1. The number of aryl methyl sites for hydroxylation is 2. The Morgan fingerprint density at radius 3 is 2.38 bits per heavy atom. The highest BCUT2D eigenvalue weighted by Gasteiger charge is 2.34. The molecule has 1 aliphatic rings. The number of halogens is 1. The van der Waals surface area contributed by atoms with Crippen LogP contribution in [-0.4, -0.2) is 22.1 Å². The fourth-order valence-corrected chi connectivity index (χ4v) is 4.78. The molecule has 0 fully saturated rings. The van der Waals surface area contributed by atoms with Crippen LogP contribution in [0.5, 0.6) is 5.75 Å². The molecule has 1 amide bonds. The summed E-state index contributed by atoms with van der Waals surface area (Å²) in [5.74, 6) is -1.37. The number of anilines is 3. The van der Waals surface area contributed by atoms with E-state index < -0.39 is 5.97 Å². The van der Waals surface area contributed by atoms with Crippen molar-refractivity contribution in [2.24, 2.45) is 0 Å². The van der Waals surface area contributed by atoms with Crippen LogP contribution < -0.4 is 10.2 Å². The van der Waals surface area contributed by atoms with Crippen LogP contribution in [0.3, 0.4) is 0 Å². The number of rotatable bonds is 5. The zero-order valence-corrected chi connectivity index (χ0v) is 20.9. The van der Waals surface area contributed by atoms with Gasteiger partial charge in [-0.1, -0.05) is 65.2 Å². The molecule has 6 nitrogen and oxygen atoms in total. The van der Waals surface area contributed by atoms with Crippen molar-refractivity contribution < 1.29 is 19.8 Å². The van der Waals surface area contributed by atoms with E-state index in [4.69, 9.17) is 11.6 Å². The number of phenolic OH excluding ortho intramolecular Hbond substituents is 1. The first-order valence-electron chi connectivity index (χ1n) is 11.6. The summed E-state index contributed by atoms with van der Waals surface area (Å²) in [6, 6.07) is 22.8. The van der Waals surface area contributed by atoms with Gasteiger partial charge in [0.2, 0.25) is 0 Å². The highest BCUT2D eigenvalue weighted by atomic mass is 35.5. The van der Waals surface area contributed by atoms with E-state index in [9.17, 15) is 19.8 Å². The fourth-order valence-electron chi connectivity index (χ4n) is 4.61. The molecule has 5 rings (SSSR count). The quantitative estimate of drug-likeness (QED) is 0.196. The van der Waals surface area contributed by atoms with E-state index in [0.717, 1.165) is 16.7 Å². The van der Waals surface area contributed by atoms with Crippen LogP contribution in [0.1, 0.15) is 27.0 Å². The van der Waals surface area contributed by atoms with Gasteiger partial charge in [-0.05, 0) is 55.8 Å². The van der Waals surface area contributed by atoms with E-state index in [1.54, 1.807) is 42.6 Å². The molecule has 0 aromatic heterocycles. The van der Waals surface area contributed by atoms with E-state index >= 15 is 0 Å². The minimum Gasteiger partial charge on any atom is -0.505 e. The van der Waals surface area contributed by atoms with Crippen LogP contribution in [0.25, 0.3) is 16.7 Å². The number of hydrogen-bond donors (Lipinski definition) is 3. The first-order valence-corrected chi connectivity index (χ1v) is 12.0. The molecule has 4 aromatic carbocycles. The average molecular weight is 511 g/mol. The van der Waals surface area contributed by atoms with Crippen molar-refractivity contribution in [2.45, 2.75) is 13.8 Å². The number of aromatic carboxylic acids is 1. The van der Waals surface area contributed by atoms with Gasteiger partial charge < -0.3 is 15.5 Å². The van der Waals surface area contributed by atoms with Gasteiger partial charge in [0.15, 0.2) is 0 Å². The Balaban J connectivity index is 1.54. The topological polar surface area (TPSA) is 89.9 Å². The summed E-state index contributed by atoms with van der Waals surface area (Å²) in [5, 5.41) is 24.0. The minimum absolute atomic E-state index is 0.0668. The van der Waals surface area contributed by atoms with Crippen molar-refractivity contribution in [1.82, 2.24) is 0 Å². The molecule has 37 heavy (non-hydrogen) atoms. The lowest BCUT2D eigenvalue weighted by Gasteiger charge is -2.18. The summed E-state index contributed by atoms with van der Waals surface area (Å²) in [6.45, 7) is 4.01. The van der Waals surface area contributed by atoms with Gasteiger partial charge in [-0.2, -0.15) is 0 Å². The second-order valence-electron chi connectivity index (χ2n) is 8.94. The number of carbonyl (C=O) groups is 2. The van der Waals surface area contributed by atoms with Crippen LogP contribution in [0, 0.1) is 13.8 Å². The number of nitrogens with zero attached hydrogens (tertiary/aromatic N) is 1. The van der Waals surface area contributed by atoms with E-state index in [0.29, 0.717) is 38.8 Å². The molecular weight excluding hydrogens is 488 g/mol. The number of carboxylic acid groups (broad SMARTS) is 1. The van der Waals surface area contributed by atoms with Gasteiger partial charge in [-0.25, -0.2) is 4.79 Å². The third-order valence-corrected chi connectivity index (χ3v) is 6.45. The van der Waals surface area contributed by atoms with Crippen molar-refractivity contribution in [3.63, 3.8) is 0 Å². The van der Waals surface area contributed by atoms with Gasteiger partial charge in [-0.15, -0.1) is 0 Å². The molecule has 4 aromatic rings. The molecule has 7 heteroatoms. The molecule has 3 N–H and O–H groups in total. The number of hydrogen-bond acceptors (Lipinski definition) is 4. The Kier molecular flexibility index (Phi) is 6.19. The maximum atomic E-state index is 13.6. The molecule has 0 spiro atoms. The van der Waals surface area contributed by atoms with E-state index in [1.165, 1.54) is 17.0 Å². The Labute approximate surface area is 219 Å². The van der Waals surface area contributed by atoms with E-state index in [1.807, 2.05) is 38.1 Å². The van der Waals surface area contributed by atoms with Crippen LogP contribution in [0.15, 0.2) is 85.1 Å². The summed E-state index contributed by atoms with van der Waals surface area (Å²) in [4.78, 5) is 26.5. The van der Waals surface area contributed by atoms with Gasteiger partial charge in [0.1, 0.15) is 5.75 Å². The maximum absolute atomic E-state index is 13.6. The molecule has 0 saturated carbocycles. The maximum Gasteiger partial charge on any atom is 0.335 e. The molecular formula is C30H23ClN2O4. The number of amides is 1. The first-order chi connectivity index (χ1) is 17.7. The lowest BCUT2D eigenvalue weighted by Crippen LogP contribution is -2.21. The van der Waals surface area contributed by atoms with Crippen molar-refractivity contribution in [2.75, 3.05) is 10.2 Å². The smallest absolute Gasteiger partial charge is 0.335 e. The monoisotopic (exact) mass is 510 g/mol. The molecule has 1 aliphatic heterocycles. The summed E-state index contributed by atoms with van der Waals surface area (Å²) in [5.41, 5.74) is 6.20. The number of nitrogens with one attached hydrogen (secondary N) is 1. The summed E-state index contributed by atoms with van der Waals surface area (Å²) in [6.07, 6.45) is 1.55. The second kappa shape index (κ2) is 9.48. The largest absolute Gasteiger partial charge is 0.505 e. The SMILES string of the molecule is Cc1cc(C)cc(-c2cccc(N/C=C3\C(=O)N(c4cccc(C(=O)O)c4)c4cc(Cl)ccc43)c2O)c1. The summed E-state index contributed by atoms with van der Waals surface area (Å²) in [7, 11) is 0. The lowest BCUT2D eigenvalue weighted by molar-refractivity contribution is -0.112. The third kappa shape index (κ3) is 4.55. The fraction of sp³-hybridized carbons (Fsp3) is 0.0667. The van der Waals surface area contributed by atoms with Crippen LogP contribution >= 0.6 is 11.6 Å². The molecule has 0 radical (unpaired) electrons. The molecule has 0 atom stereocenters. The predicted molar refractivity (Wildman–Crippen MR) is 147 cm³/mol. The summed E-state index contributed by atoms with van der Waals surface area (Å²) >= 11 is 6.24. The number of benzene rings is 4. The van der Waals surface area contributed by atoms with Crippen LogP contribution in [0.4, 0.5) is 17.1 Å². The Bertz CT molecular complexity index is 1590. The highest BCUT2D eigenvalue weighted by molar-refractivity contribution is 6.37. The third-order valence-electron chi connectivity index (χ3n) is 6.22. The van der Waals surface area contributed by atoms with Crippen molar-refractivity contribution in [3.8, 4) is 16.9 Å². The molecule has 0 saturated heterocycles. The molecule has 0 aliphatic carbocycles. The first kappa shape index (κ1) is 24.2. The Morgan fingerprint density at radius 1 is 0.919 bits per heavy atom. The number of phenols is 1. The number of fused-ring (bicyclic) bond motifs is 1. The van der Waals surface area contributed by atoms with Crippen LogP contribution in [0.2, 0.25) is 5.02 Å². The van der Waals surface area contributed by atoms with Crippen LogP contribution in [-0.2, 0) is 4.79 Å². The minimum atomic E-state index is -1.09. The van der Waals surface area contributed by atoms with Crippen molar-refractivity contribution >= 4 is 46.1 Å². The molecule has 1 heterocycles. The molecule has 184 valence electrons. The number of aromatic hydroxyl groups is 1. The number of para-hydroxylation sites is 1. The normalized spacial score (nSPS) is 13.6. The van der Waals surface area contributed by atoms with E-state index in [-0.39, 0.29) is 17.2 Å². The lowest BCUT2D eigenvalue weighted by atomic mass is 9.99. The molecule has 0 bridgehead atoms. The number of carbonyl (C=O) groups excluding carboxylic acids is 1. The predicted octanol–water partition coefficient (Wildman–Crippen LogP) is 7.16. The van der Waals surface area contributed by atoms with Gasteiger partial charge >= 0.3 is 5.97 Å². The van der Waals surface area contributed by atoms with Gasteiger partial charge in [0.05, 0.1) is 28.2 Å². The Hall–Kier alpha value is -4.55. The average Bonchev–Trinajstić information content (AvgIpc) is 3.13. The van der Waals surface area contributed by atoms with Gasteiger partial charge in [0, 0.05) is 22.3 Å².